The van der Waals surface area contributed by atoms with Crippen LogP contribution < -0.4 is 5.32 Å². The lowest BCUT2D eigenvalue weighted by atomic mass is 9.95. The Morgan fingerprint density at radius 2 is 1.89 bits per heavy atom. The number of halogens is 1. The number of nitrogens with one attached hydrogen (secondary N) is 1. The fourth-order valence-electron chi connectivity index (χ4n) is 3.49. The number of hydrogen-bond donors (Lipinski definition) is 1. The van der Waals surface area contributed by atoms with Crippen molar-refractivity contribution >= 4 is 17.5 Å². The lowest BCUT2D eigenvalue weighted by Crippen LogP contribution is -2.36. The minimum absolute atomic E-state index is 0.193. The van der Waals surface area contributed by atoms with Crippen LogP contribution in [0.1, 0.15) is 42.6 Å². The zero-order valence-corrected chi connectivity index (χ0v) is 15.6. The van der Waals surface area contributed by atoms with Crippen molar-refractivity contribution < 1.29 is 4.79 Å². The molecule has 138 valence electrons. The number of nitrogens with zero attached hydrogens (tertiary/aromatic N) is 4. The van der Waals surface area contributed by atoms with Crippen molar-refractivity contribution in [2.24, 2.45) is 0 Å². The second kappa shape index (κ2) is 7.88. The third kappa shape index (κ3) is 3.85. The number of aromatic nitrogens is 4. The number of benzene rings is 1. The highest BCUT2D eigenvalue weighted by atomic mass is 35.5. The molecule has 3 aromatic rings. The predicted molar refractivity (Wildman–Crippen MR) is 104 cm³/mol. The van der Waals surface area contributed by atoms with Crippen molar-refractivity contribution in [2.45, 2.75) is 38.1 Å². The first-order chi connectivity index (χ1) is 13.2. The molecule has 0 atom stereocenters. The molecule has 6 nitrogen and oxygen atoms in total. The molecule has 1 aromatic carbocycles. The Morgan fingerprint density at radius 1 is 1.11 bits per heavy atom. The van der Waals surface area contributed by atoms with E-state index in [1.807, 2.05) is 24.3 Å². The Morgan fingerprint density at radius 3 is 2.63 bits per heavy atom. The van der Waals surface area contributed by atoms with E-state index in [1.165, 1.54) is 6.42 Å². The first-order valence-electron chi connectivity index (χ1n) is 9.15. The van der Waals surface area contributed by atoms with Gasteiger partial charge in [0.1, 0.15) is 5.69 Å². The highest BCUT2D eigenvalue weighted by Crippen LogP contribution is 2.26. The van der Waals surface area contributed by atoms with Gasteiger partial charge in [0.15, 0.2) is 5.69 Å². The van der Waals surface area contributed by atoms with Crippen LogP contribution >= 0.6 is 11.6 Å². The van der Waals surface area contributed by atoms with Crippen LogP contribution in [0.25, 0.3) is 16.9 Å². The molecule has 0 saturated heterocycles. The van der Waals surface area contributed by atoms with Crippen LogP contribution in [0, 0.1) is 0 Å². The summed E-state index contributed by atoms with van der Waals surface area (Å²) in [5.41, 5.74) is 2.52. The third-order valence-electron chi connectivity index (χ3n) is 4.83. The molecular formula is C20H20ClN5O. The maximum atomic E-state index is 13.0. The summed E-state index contributed by atoms with van der Waals surface area (Å²) in [6.07, 6.45) is 8.94. The van der Waals surface area contributed by atoms with Gasteiger partial charge in [-0.1, -0.05) is 42.1 Å². The second-order valence-electron chi connectivity index (χ2n) is 6.72. The molecule has 1 saturated carbocycles. The smallest absolute Gasteiger partial charge is 0.274 e. The molecule has 7 heteroatoms. The monoisotopic (exact) mass is 381 g/mol. The van der Waals surface area contributed by atoms with Crippen LogP contribution in [-0.4, -0.2) is 31.9 Å². The van der Waals surface area contributed by atoms with Crippen LogP contribution in [0.3, 0.4) is 0 Å². The number of amides is 1. The molecule has 2 aromatic heterocycles. The fourth-order valence-corrected chi connectivity index (χ4v) is 3.68. The topological polar surface area (TPSA) is 72.7 Å². The van der Waals surface area contributed by atoms with Gasteiger partial charge in [0.25, 0.3) is 5.91 Å². The molecule has 0 aliphatic heterocycles. The summed E-state index contributed by atoms with van der Waals surface area (Å²) in [5, 5.41) is 12.2. The van der Waals surface area contributed by atoms with Gasteiger partial charge in [-0.2, -0.15) is 0 Å². The van der Waals surface area contributed by atoms with Crippen LogP contribution in [0.5, 0.6) is 0 Å². The summed E-state index contributed by atoms with van der Waals surface area (Å²) in [4.78, 5) is 17.0. The predicted octanol–water partition coefficient (Wildman–Crippen LogP) is 4.05. The molecule has 1 amide bonds. The Bertz CT molecular complexity index is 935. The first-order valence-corrected chi connectivity index (χ1v) is 9.53. The maximum Gasteiger partial charge on any atom is 0.274 e. The van der Waals surface area contributed by atoms with E-state index in [0.717, 1.165) is 36.9 Å². The van der Waals surface area contributed by atoms with E-state index >= 15 is 0 Å². The largest absolute Gasteiger partial charge is 0.348 e. The van der Waals surface area contributed by atoms with Crippen LogP contribution in [0.2, 0.25) is 5.02 Å². The minimum atomic E-state index is -0.193. The van der Waals surface area contributed by atoms with Gasteiger partial charge in [0.2, 0.25) is 0 Å². The summed E-state index contributed by atoms with van der Waals surface area (Å²) in [6, 6.07) is 11.2. The lowest BCUT2D eigenvalue weighted by molar-refractivity contribution is 0.0923. The molecule has 1 fully saturated rings. The van der Waals surface area contributed by atoms with Crippen molar-refractivity contribution in [1.82, 2.24) is 25.3 Å². The number of carbonyl (C=O) groups is 1. The molecular weight excluding hydrogens is 362 g/mol. The van der Waals surface area contributed by atoms with E-state index in [4.69, 9.17) is 11.6 Å². The Balaban J connectivity index is 1.74. The Hall–Kier alpha value is -2.73. The molecule has 0 radical (unpaired) electrons. The van der Waals surface area contributed by atoms with E-state index < -0.39 is 0 Å². The van der Waals surface area contributed by atoms with Gasteiger partial charge in [0.05, 0.1) is 5.69 Å². The van der Waals surface area contributed by atoms with Crippen molar-refractivity contribution in [3.8, 4) is 16.9 Å². The van der Waals surface area contributed by atoms with Gasteiger partial charge in [0, 0.05) is 29.0 Å². The number of carbonyl (C=O) groups excluding carboxylic acids is 1. The van der Waals surface area contributed by atoms with Gasteiger partial charge in [-0.15, -0.1) is 5.10 Å². The minimum Gasteiger partial charge on any atom is -0.348 e. The number of hydrogen-bond acceptors (Lipinski definition) is 4. The highest BCUT2D eigenvalue weighted by molar-refractivity contribution is 6.30. The SMILES string of the molecule is O=C(NC1CCCCC1)c1nnn(-c2cccc(Cl)c2)c1-c1ccncc1. The lowest BCUT2D eigenvalue weighted by Gasteiger charge is -2.22. The summed E-state index contributed by atoms with van der Waals surface area (Å²) in [5.74, 6) is -0.193. The summed E-state index contributed by atoms with van der Waals surface area (Å²) in [6.45, 7) is 0. The average Bonchev–Trinajstić information content (AvgIpc) is 3.15. The van der Waals surface area contributed by atoms with Crippen molar-refractivity contribution in [1.29, 1.82) is 0 Å². The van der Waals surface area contributed by atoms with Crippen molar-refractivity contribution in [3.63, 3.8) is 0 Å². The van der Waals surface area contributed by atoms with Crippen molar-refractivity contribution in [2.75, 3.05) is 0 Å². The van der Waals surface area contributed by atoms with Crippen LogP contribution in [0.15, 0.2) is 48.8 Å². The maximum absolute atomic E-state index is 13.0. The van der Waals surface area contributed by atoms with E-state index in [9.17, 15) is 4.79 Å². The number of rotatable bonds is 4. The van der Waals surface area contributed by atoms with E-state index in [0.29, 0.717) is 16.4 Å². The normalized spacial score (nSPS) is 14.9. The van der Waals surface area contributed by atoms with E-state index in [1.54, 1.807) is 29.2 Å². The standard InChI is InChI=1S/C20H20ClN5O/c21-15-5-4-8-17(13-15)26-19(14-9-11-22-12-10-14)18(24-25-26)20(27)23-16-6-2-1-3-7-16/h4-5,8-13,16H,1-3,6-7H2,(H,23,27). The molecule has 4 rings (SSSR count). The summed E-state index contributed by atoms with van der Waals surface area (Å²) in [7, 11) is 0. The van der Waals surface area contributed by atoms with E-state index in [-0.39, 0.29) is 11.9 Å². The molecule has 0 bridgehead atoms. The van der Waals surface area contributed by atoms with E-state index in [2.05, 4.69) is 20.6 Å². The fraction of sp³-hybridized carbons (Fsp3) is 0.300. The summed E-state index contributed by atoms with van der Waals surface area (Å²) < 4.78 is 1.65. The van der Waals surface area contributed by atoms with Gasteiger partial charge in [-0.05, 0) is 43.2 Å². The zero-order valence-electron chi connectivity index (χ0n) is 14.8. The zero-order chi connectivity index (χ0) is 18.6. The van der Waals surface area contributed by atoms with Crippen molar-refractivity contribution in [3.05, 3.63) is 59.5 Å². The number of pyridine rings is 1. The Labute approximate surface area is 162 Å². The average molecular weight is 382 g/mol. The molecule has 2 heterocycles. The molecule has 1 N–H and O–H groups in total. The highest BCUT2D eigenvalue weighted by Gasteiger charge is 2.25. The van der Waals surface area contributed by atoms with Gasteiger partial charge < -0.3 is 5.32 Å². The molecule has 0 unspecified atom stereocenters. The van der Waals surface area contributed by atoms with Gasteiger partial charge in [-0.3, -0.25) is 9.78 Å². The Kier molecular flexibility index (Phi) is 5.16. The van der Waals surface area contributed by atoms with Crippen LogP contribution in [0.4, 0.5) is 0 Å². The second-order valence-corrected chi connectivity index (χ2v) is 7.16. The molecule has 1 aliphatic rings. The molecule has 27 heavy (non-hydrogen) atoms. The van der Waals surface area contributed by atoms with Gasteiger partial charge in [-0.25, -0.2) is 4.68 Å². The summed E-state index contributed by atoms with van der Waals surface area (Å²) >= 11 is 6.14. The first kappa shape index (κ1) is 17.7. The third-order valence-corrected chi connectivity index (χ3v) is 5.07. The van der Waals surface area contributed by atoms with Gasteiger partial charge >= 0.3 is 0 Å². The molecule has 0 spiro atoms. The quantitative estimate of drug-likeness (QED) is 0.740. The van der Waals surface area contributed by atoms with Crippen LogP contribution in [-0.2, 0) is 0 Å². The molecule has 1 aliphatic carbocycles.